The van der Waals surface area contributed by atoms with E-state index in [2.05, 4.69) is 4.98 Å². The number of primary sulfonamides is 1. The number of aliphatic hydroxyl groups is 1. The molecule has 11 nitrogen and oxygen atoms in total. The van der Waals surface area contributed by atoms with Crippen LogP contribution in [0.3, 0.4) is 0 Å². The van der Waals surface area contributed by atoms with Gasteiger partial charge < -0.3 is 28.6 Å². The topological polar surface area (TPSA) is 146 Å². The molecule has 1 amide bonds. The summed E-state index contributed by atoms with van der Waals surface area (Å²) in [6.07, 6.45) is -1.05. The summed E-state index contributed by atoms with van der Waals surface area (Å²) in [6, 6.07) is 5.24. The molecule has 14 heteroatoms. The Morgan fingerprint density at radius 1 is 1.24 bits per heavy atom. The second kappa shape index (κ2) is 11.7. The van der Waals surface area contributed by atoms with Crippen molar-refractivity contribution < 1.29 is 36.9 Å². The highest BCUT2D eigenvalue weighted by molar-refractivity contribution is 7.89. The van der Waals surface area contributed by atoms with Gasteiger partial charge in [0.05, 0.1) is 42.6 Å². The number of ether oxygens (including phenoxy) is 3. The van der Waals surface area contributed by atoms with E-state index < -0.39 is 34.3 Å². The number of methoxy groups -OCH3 is 3. The van der Waals surface area contributed by atoms with Crippen molar-refractivity contribution in [3.05, 3.63) is 52.6 Å². The number of aromatic nitrogens is 2. The summed E-state index contributed by atoms with van der Waals surface area (Å²) in [5, 5.41) is 16.5. The number of carbonyl (C=O) groups excluding carboxylic acids is 1. The van der Waals surface area contributed by atoms with Crippen LogP contribution in [0.4, 0.5) is 9.18 Å². The summed E-state index contributed by atoms with van der Waals surface area (Å²) in [5.74, 6) is -0.853. The molecule has 3 rings (SSSR count). The van der Waals surface area contributed by atoms with Gasteiger partial charge in [-0.25, -0.2) is 27.7 Å². The molecule has 0 aliphatic heterocycles. The third kappa shape index (κ3) is 6.55. The van der Waals surface area contributed by atoms with Crippen LogP contribution in [0.2, 0.25) is 5.02 Å². The van der Waals surface area contributed by atoms with Crippen LogP contribution in [0.15, 0.2) is 35.4 Å². The standard InChI is InChI=1S/C23H28ClFN4O7S/c1-13-7-16(37(26,32)33)10-17(25)21(13)22-18(29-6-5-14(24)8-19(29)27-22)9-15(30)11-28(23(31)36-4)12-20(34-2)35-3/h5-8,10,15,20,30H,9,11-12H2,1-4H3,(H2,26,32,33)/t15-/m0/s1. The number of amides is 1. The maximum absolute atomic E-state index is 15.3. The first-order chi connectivity index (χ1) is 17.4. The third-order valence-electron chi connectivity index (χ3n) is 5.70. The normalized spacial score (nSPS) is 12.8. The van der Waals surface area contributed by atoms with E-state index in [9.17, 15) is 18.3 Å². The SMILES string of the molecule is COC(=O)N(CC(OC)OC)C[C@@H](O)Cc1c(-c2c(C)cc(S(N)(=O)=O)cc2F)nc2cc(Cl)ccn12. The molecular weight excluding hydrogens is 531 g/mol. The molecule has 0 radical (unpaired) electrons. The van der Waals surface area contributed by atoms with Gasteiger partial charge in [-0.15, -0.1) is 0 Å². The average Bonchev–Trinajstić information content (AvgIpc) is 3.16. The Labute approximate surface area is 218 Å². The highest BCUT2D eigenvalue weighted by Gasteiger charge is 2.26. The molecule has 37 heavy (non-hydrogen) atoms. The second-order valence-corrected chi connectivity index (χ2v) is 10.3. The first kappa shape index (κ1) is 28.8. The molecule has 0 saturated carbocycles. The Bertz CT molecular complexity index is 1370. The molecule has 0 unspecified atom stereocenters. The second-order valence-electron chi connectivity index (χ2n) is 8.26. The number of aryl methyl sites for hydroxylation is 1. The number of imidazole rings is 1. The molecule has 1 aromatic carbocycles. The fraction of sp³-hybridized carbons (Fsp3) is 0.391. The van der Waals surface area contributed by atoms with E-state index in [1.54, 1.807) is 22.7 Å². The number of hydrogen-bond acceptors (Lipinski definition) is 8. The number of benzene rings is 1. The van der Waals surface area contributed by atoms with E-state index in [0.29, 0.717) is 16.4 Å². The number of sulfonamides is 1. The van der Waals surface area contributed by atoms with Crippen molar-refractivity contribution in [2.75, 3.05) is 34.4 Å². The zero-order valence-corrected chi connectivity index (χ0v) is 22.2. The van der Waals surface area contributed by atoms with Gasteiger partial charge in [0.2, 0.25) is 10.0 Å². The number of nitrogens with two attached hydrogens (primary N) is 1. The van der Waals surface area contributed by atoms with Crippen molar-refractivity contribution in [2.24, 2.45) is 5.14 Å². The molecule has 1 atom stereocenters. The maximum Gasteiger partial charge on any atom is 0.409 e. The van der Waals surface area contributed by atoms with Gasteiger partial charge in [-0.2, -0.15) is 0 Å². The van der Waals surface area contributed by atoms with Crippen LogP contribution < -0.4 is 5.14 Å². The fourth-order valence-corrected chi connectivity index (χ4v) is 4.73. The monoisotopic (exact) mass is 558 g/mol. The van der Waals surface area contributed by atoms with Crippen molar-refractivity contribution in [1.29, 1.82) is 0 Å². The molecule has 0 spiro atoms. The van der Waals surface area contributed by atoms with Crippen molar-refractivity contribution >= 4 is 33.4 Å². The zero-order chi connectivity index (χ0) is 27.5. The minimum atomic E-state index is -4.14. The first-order valence-electron chi connectivity index (χ1n) is 11.0. The van der Waals surface area contributed by atoms with Crippen LogP contribution in [0, 0.1) is 12.7 Å². The van der Waals surface area contributed by atoms with E-state index in [4.69, 9.17) is 31.0 Å². The largest absolute Gasteiger partial charge is 0.453 e. The Balaban J connectivity index is 2.06. The lowest BCUT2D eigenvalue weighted by molar-refractivity contribution is -0.115. The molecule has 0 bridgehead atoms. The van der Waals surface area contributed by atoms with Crippen molar-refractivity contribution in [2.45, 2.75) is 30.6 Å². The summed E-state index contributed by atoms with van der Waals surface area (Å²) in [7, 11) is -0.109. The van der Waals surface area contributed by atoms with Crippen LogP contribution in [0.5, 0.6) is 0 Å². The summed E-state index contributed by atoms with van der Waals surface area (Å²) in [4.78, 5) is 17.7. The van der Waals surface area contributed by atoms with Crippen LogP contribution in [-0.2, 0) is 30.7 Å². The molecule has 0 aliphatic carbocycles. The number of carbonyl (C=O) groups is 1. The van der Waals surface area contributed by atoms with Gasteiger partial charge in [0.1, 0.15) is 11.5 Å². The lowest BCUT2D eigenvalue weighted by Crippen LogP contribution is -2.43. The van der Waals surface area contributed by atoms with E-state index in [1.807, 2.05) is 0 Å². The van der Waals surface area contributed by atoms with Crippen molar-refractivity contribution in [3.8, 4) is 11.3 Å². The molecule has 0 fully saturated rings. The van der Waals surface area contributed by atoms with Crippen LogP contribution in [0.25, 0.3) is 16.9 Å². The van der Waals surface area contributed by atoms with Gasteiger partial charge in [0.25, 0.3) is 0 Å². The quantitative estimate of drug-likeness (QED) is 0.361. The number of hydrogen-bond donors (Lipinski definition) is 2. The van der Waals surface area contributed by atoms with Gasteiger partial charge in [-0.1, -0.05) is 11.6 Å². The van der Waals surface area contributed by atoms with E-state index in [0.717, 1.165) is 6.07 Å². The van der Waals surface area contributed by atoms with Gasteiger partial charge in [-0.05, 0) is 30.7 Å². The van der Waals surface area contributed by atoms with Crippen molar-refractivity contribution in [3.63, 3.8) is 0 Å². The molecule has 3 N–H and O–H groups in total. The Hall–Kier alpha value is -2.81. The lowest BCUT2D eigenvalue weighted by atomic mass is 10.0. The van der Waals surface area contributed by atoms with Crippen molar-refractivity contribution in [1.82, 2.24) is 14.3 Å². The average molecular weight is 559 g/mol. The molecule has 0 saturated heterocycles. The van der Waals surface area contributed by atoms with Gasteiger partial charge in [0.15, 0.2) is 6.29 Å². The Morgan fingerprint density at radius 3 is 2.49 bits per heavy atom. The molecular formula is C23H28ClFN4O7S. The number of pyridine rings is 1. The maximum atomic E-state index is 15.3. The number of fused-ring (bicyclic) bond motifs is 1. The minimum absolute atomic E-state index is 0.0187. The summed E-state index contributed by atoms with van der Waals surface area (Å²) in [5.41, 5.74) is 1.27. The van der Waals surface area contributed by atoms with E-state index in [-0.39, 0.29) is 41.2 Å². The number of rotatable bonds is 10. The number of halogens is 2. The predicted octanol–water partition coefficient (Wildman–Crippen LogP) is 2.34. The van der Waals surface area contributed by atoms with Gasteiger partial charge >= 0.3 is 6.09 Å². The summed E-state index contributed by atoms with van der Waals surface area (Å²) in [6.45, 7) is 1.34. The van der Waals surface area contributed by atoms with Crippen LogP contribution in [0.1, 0.15) is 11.3 Å². The van der Waals surface area contributed by atoms with Gasteiger partial charge in [-0.3, -0.25) is 0 Å². The Morgan fingerprint density at radius 2 is 1.92 bits per heavy atom. The number of nitrogens with zero attached hydrogens (tertiary/aromatic N) is 3. The highest BCUT2D eigenvalue weighted by Crippen LogP contribution is 2.33. The smallest absolute Gasteiger partial charge is 0.409 e. The zero-order valence-electron chi connectivity index (χ0n) is 20.6. The minimum Gasteiger partial charge on any atom is -0.453 e. The Kier molecular flexibility index (Phi) is 9.10. The lowest BCUT2D eigenvalue weighted by Gasteiger charge is -2.27. The third-order valence-corrected chi connectivity index (χ3v) is 6.83. The molecule has 0 aliphatic rings. The highest BCUT2D eigenvalue weighted by atomic mass is 35.5. The van der Waals surface area contributed by atoms with Crippen LogP contribution in [-0.4, -0.2) is 80.7 Å². The molecule has 2 aromatic heterocycles. The van der Waals surface area contributed by atoms with Gasteiger partial charge in [0, 0.05) is 43.5 Å². The van der Waals surface area contributed by atoms with E-state index >= 15 is 4.39 Å². The first-order valence-corrected chi connectivity index (χ1v) is 12.9. The van der Waals surface area contributed by atoms with E-state index in [1.165, 1.54) is 39.2 Å². The predicted molar refractivity (Wildman–Crippen MR) is 133 cm³/mol. The molecule has 2 heterocycles. The number of aliphatic hydroxyl groups excluding tert-OH is 1. The van der Waals surface area contributed by atoms with Crippen LogP contribution >= 0.6 is 11.6 Å². The molecule has 3 aromatic rings. The fourth-order valence-electron chi connectivity index (χ4n) is 3.96. The molecule has 202 valence electrons. The summed E-state index contributed by atoms with van der Waals surface area (Å²) < 4.78 is 55.5. The summed E-state index contributed by atoms with van der Waals surface area (Å²) >= 11 is 6.12.